The number of ether oxygens (including phenoxy) is 3. The molecule has 0 aliphatic rings. The number of rotatable bonds is 8. The van der Waals surface area contributed by atoms with Crippen molar-refractivity contribution in [3.05, 3.63) is 18.2 Å². The van der Waals surface area contributed by atoms with E-state index >= 15 is 0 Å². The van der Waals surface area contributed by atoms with Crippen molar-refractivity contribution in [1.82, 2.24) is 0 Å². The van der Waals surface area contributed by atoms with Gasteiger partial charge in [0.25, 0.3) is 0 Å². The number of hydrogen-bond acceptors (Lipinski definition) is 6. The highest BCUT2D eigenvalue weighted by Crippen LogP contribution is 2.29. The first kappa shape index (κ1) is 16.1. The van der Waals surface area contributed by atoms with Gasteiger partial charge in [0.15, 0.2) is 11.5 Å². The largest absolute Gasteiger partial charge is 0.493 e. The summed E-state index contributed by atoms with van der Waals surface area (Å²) in [5, 5.41) is 12.7. The van der Waals surface area contributed by atoms with E-state index in [0.717, 1.165) is 5.69 Å². The van der Waals surface area contributed by atoms with Crippen molar-refractivity contribution in [1.29, 1.82) is 0 Å². The van der Waals surface area contributed by atoms with Crippen LogP contribution in [0.3, 0.4) is 0 Å². The van der Waals surface area contributed by atoms with Gasteiger partial charge in [0.2, 0.25) is 0 Å². The van der Waals surface area contributed by atoms with Gasteiger partial charge in [-0.15, -0.1) is 0 Å². The van der Waals surface area contributed by atoms with E-state index in [4.69, 9.17) is 14.2 Å². The minimum atomic E-state index is -0.804. The van der Waals surface area contributed by atoms with Crippen LogP contribution in [0.25, 0.3) is 0 Å². The number of anilines is 1. The number of carbonyl (C=O) groups excluding carboxylic acids is 1. The van der Waals surface area contributed by atoms with Gasteiger partial charge in [-0.3, -0.25) is 4.79 Å². The highest BCUT2D eigenvalue weighted by atomic mass is 16.5. The van der Waals surface area contributed by atoms with Crippen LogP contribution < -0.4 is 14.8 Å². The van der Waals surface area contributed by atoms with Gasteiger partial charge in [0.05, 0.1) is 33.4 Å². The van der Waals surface area contributed by atoms with E-state index in [1.165, 1.54) is 0 Å². The monoisotopic (exact) mass is 283 g/mol. The number of carbonyl (C=O) groups is 1. The summed E-state index contributed by atoms with van der Waals surface area (Å²) >= 11 is 0. The van der Waals surface area contributed by atoms with Crippen molar-refractivity contribution in [3.8, 4) is 11.5 Å². The molecule has 0 aliphatic carbocycles. The van der Waals surface area contributed by atoms with Gasteiger partial charge in [0.1, 0.15) is 0 Å². The van der Waals surface area contributed by atoms with Crippen LogP contribution in [0.5, 0.6) is 11.5 Å². The molecule has 6 nitrogen and oxygen atoms in total. The van der Waals surface area contributed by atoms with Crippen LogP contribution in [0.1, 0.15) is 13.3 Å². The molecule has 0 fully saturated rings. The van der Waals surface area contributed by atoms with Crippen molar-refractivity contribution in [2.45, 2.75) is 19.4 Å². The Kier molecular flexibility index (Phi) is 6.66. The van der Waals surface area contributed by atoms with Crippen LogP contribution in [-0.4, -0.2) is 44.6 Å². The summed E-state index contributed by atoms with van der Waals surface area (Å²) in [5.74, 6) is 0.816. The fraction of sp³-hybridized carbons (Fsp3) is 0.500. The lowest BCUT2D eigenvalue weighted by Gasteiger charge is -2.14. The maximum atomic E-state index is 11.2. The Morgan fingerprint density at radius 2 is 2.00 bits per heavy atom. The molecule has 0 heterocycles. The summed E-state index contributed by atoms with van der Waals surface area (Å²) in [4.78, 5) is 11.2. The Hall–Kier alpha value is -1.95. The molecule has 1 aromatic rings. The zero-order valence-corrected chi connectivity index (χ0v) is 12.0. The zero-order valence-electron chi connectivity index (χ0n) is 12.0. The quantitative estimate of drug-likeness (QED) is 0.703. The second kappa shape index (κ2) is 8.27. The first-order chi connectivity index (χ1) is 9.60. The topological polar surface area (TPSA) is 77.0 Å². The van der Waals surface area contributed by atoms with E-state index in [1.807, 2.05) is 0 Å². The third-order valence-electron chi connectivity index (χ3n) is 2.63. The van der Waals surface area contributed by atoms with E-state index < -0.39 is 12.1 Å². The van der Waals surface area contributed by atoms with Gasteiger partial charge in [-0.25, -0.2) is 0 Å². The third-order valence-corrected chi connectivity index (χ3v) is 2.63. The predicted molar refractivity (Wildman–Crippen MR) is 75.3 cm³/mol. The smallest absolute Gasteiger partial charge is 0.308 e. The lowest BCUT2D eigenvalue weighted by atomic mass is 10.2. The van der Waals surface area contributed by atoms with Crippen LogP contribution >= 0.6 is 0 Å². The zero-order chi connectivity index (χ0) is 15.0. The molecule has 6 heteroatoms. The molecule has 112 valence electrons. The summed E-state index contributed by atoms with van der Waals surface area (Å²) < 4.78 is 15.1. The summed E-state index contributed by atoms with van der Waals surface area (Å²) in [6, 6.07) is 5.33. The SMILES string of the molecule is CCOC(=O)CC(O)CNc1ccc(OC)c(OC)c1. The van der Waals surface area contributed by atoms with Gasteiger partial charge < -0.3 is 24.6 Å². The molecular formula is C14H21NO5. The summed E-state index contributed by atoms with van der Waals surface area (Å²) in [6.07, 6.45) is -0.837. The first-order valence-electron chi connectivity index (χ1n) is 6.40. The maximum absolute atomic E-state index is 11.2. The van der Waals surface area contributed by atoms with Gasteiger partial charge in [-0.2, -0.15) is 0 Å². The van der Waals surface area contributed by atoms with E-state index in [-0.39, 0.29) is 13.0 Å². The van der Waals surface area contributed by atoms with Gasteiger partial charge in [0, 0.05) is 18.3 Å². The second-order valence-corrected chi connectivity index (χ2v) is 4.11. The van der Waals surface area contributed by atoms with E-state index in [1.54, 1.807) is 39.3 Å². The molecule has 0 amide bonds. The molecule has 1 atom stereocenters. The van der Waals surface area contributed by atoms with Crippen molar-refractivity contribution in [2.24, 2.45) is 0 Å². The fourth-order valence-corrected chi connectivity index (χ4v) is 1.67. The van der Waals surface area contributed by atoms with Crippen molar-refractivity contribution >= 4 is 11.7 Å². The van der Waals surface area contributed by atoms with Gasteiger partial charge in [-0.05, 0) is 19.1 Å². The molecule has 0 aromatic heterocycles. The second-order valence-electron chi connectivity index (χ2n) is 4.11. The third kappa shape index (κ3) is 4.97. The fourth-order valence-electron chi connectivity index (χ4n) is 1.67. The maximum Gasteiger partial charge on any atom is 0.308 e. The number of aliphatic hydroxyl groups excluding tert-OH is 1. The van der Waals surface area contributed by atoms with E-state index in [2.05, 4.69) is 5.32 Å². The number of aliphatic hydroxyl groups is 1. The summed E-state index contributed by atoms with van der Waals surface area (Å²) in [6.45, 7) is 2.29. The normalized spacial score (nSPS) is 11.6. The van der Waals surface area contributed by atoms with Gasteiger partial charge in [-0.1, -0.05) is 0 Å². The molecule has 0 bridgehead atoms. The summed E-state index contributed by atoms with van der Waals surface area (Å²) in [5.41, 5.74) is 0.769. The molecule has 1 unspecified atom stereocenters. The Bertz CT molecular complexity index is 436. The lowest BCUT2D eigenvalue weighted by Crippen LogP contribution is -2.23. The molecule has 0 saturated heterocycles. The van der Waals surface area contributed by atoms with E-state index in [0.29, 0.717) is 18.1 Å². The number of esters is 1. The minimum absolute atomic E-state index is 0.0336. The first-order valence-corrected chi connectivity index (χ1v) is 6.40. The van der Waals surface area contributed by atoms with E-state index in [9.17, 15) is 9.90 Å². The standard InChI is InChI=1S/C14H21NO5/c1-4-20-14(17)8-11(16)9-15-10-5-6-12(18-2)13(7-10)19-3/h5-7,11,15-16H,4,8-9H2,1-3H3. The van der Waals surface area contributed by atoms with Crippen LogP contribution in [0.2, 0.25) is 0 Å². The average molecular weight is 283 g/mol. The highest BCUT2D eigenvalue weighted by molar-refractivity contribution is 5.70. The predicted octanol–water partition coefficient (Wildman–Crippen LogP) is 1.43. The van der Waals surface area contributed by atoms with Crippen LogP contribution in [0, 0.1) is 0 Å². The molecule has 0 spiro atoms. The molecule has 0 radical (unpaired) electrons. The van der Waals surface area contributed by atoms with Crippen LogP contribution in [0.15, 0.2) is 18.2 Å². The summed E-state index contributed by atoms with van der Waals surface area (Å²) in [7, 11) is 3.12. The minimum Gasteiger partial charge on any atom is -0.493 e. The van der Waals surface area contributed by atoms with Crippen molar-refractivity contribution < 1.29 is 24.1 Å². The van der Waals surface area contributed by atoms with Crippen molar-refractivity contribution in [2.75, 3.05) is 32.7 Å². The van der Waals surface area contributed by atoms with Crippen LogP contribution in [-0.2, 0) is 9.53 Å². The number of benzene rings is 1. The average Bonchev–Trinajstić information content (AvgIpc) is 2.44. The lowest BCUT2D eigenvalue weighted by molar-refractivity contribution is -0.145. The number of methoxy groups -OCH3 is 2. The Balaban J connectivity index is 2.51. The van der Waals surface area contributed by atoms with Crippen molar-refractivity contribution in [3.63, 3.8) is 0 Å². The number of nitrogens with one attached hydrogen (secondary N) is 1. The highest BCUT2D eigenvalue weighted by Gasteiger charge is 2.12. The van der Waals surface area contributed by atoms with Crippen LogP contribution in [0.4, 0.5) is 5.69 Å². The molecule has 0 saturated carbocycles. The molecule has 20 heavy (non-hydrogen) atoms. The molecular weight excluding hydrogens is 262 g/mol. The Morgan fingerprint density at radius 1 is 1.30 bits per heavy atom. The molecule has 2 N–H and O–H groups in total. The number of hydrogen-bond donors (Lipinski definition) is 2. The Labute approximate surface area is 118 Å². The molecule has 1 aromatic carbocycles. The Morgan fingerprint density at radius 3 is 2.60 bits per heavy atom. The van der Waals surface area contributed by atoms with Gasteiger partial charge >= 0.3 is 5.97 Å². The molecule has 0 aliphatic heterocycles. The molecule has 1 rings (SSSR count).